The number of furan rings is 2. The van der Waals surface area contributed by atoms with Gasteiger partial charge in [0.25, 0.3) is 0 Å². The van der Waals surface area contributed by atoms with Crippen molar-refractivity contribution in [3.8, 4) is 11.5 Å². The van der Waals surface area contributed by atoms with Gasteiger partial charge in [-0.1, -0.05) is 12.2 Å². The molecule has 2 unspecified atom stereocenters. The standard InChI is InChI=1S/C15H10O5/c16-14(8-4-6-1-2-7(8)3-6)19-12-10-5-9-11(18-10)13(12)20-15(9)17/h1-2,5-8H,3-4H2/t6-,7?,8?/m0/s1. The lowest BCUT2D eigenvalue weighted by molar-refractivity contribution is -0.139. The number of carbonyl (C=O) groups is 2. The second-order valence-electron chi connectivity index (χ2n) is 5.71. The van der Waals surface area contributed by atoms with Crippen molar-refractivity contribution in [3.05, 3.63) is 23.8 Å². The second kappa shape index (κ2) is 3.23. The molecule has 0 amide bonds. The molecule has 2 aliphatic carbocycles. The lowest BCUT2D eigenvalue weighted by Gasteiger charge is -2.16. The van der Waals surface area contributed by atoms with Gasteiger partial charge in [0.2, 0.25) is 11.5 Å². The van der Waals surface area contributed by atoms with Crippen LogP contribution in [0.15, 0.2) is 22.6 Å². The summed E-state index contributed by atoms with van der Waals surface area (Å²) in [4.78, 5) is 23.8. The Balaban J connectivity index is 1.46. The molecule has 1 aliphatic heterocycles. The Labute approximate surface area is 113 Å². The van der Waals surface area contributed by atoms with Gasteiger partial charge < -0.3 is 13.9 Å². The predicted octanol–water partition coefficient (Wildman–Crippen LogP) is 2.52. The largest absolute Gasteiger partial charge is 0.448 e. The topological polar surface area (TPSA) is 65.7 Å². The quantitative estimate of drug-likeness (QED) is 0.476. The summed E-state index contributed by atoms with van der Waals surface area (Å²) in [5, 5.41) is 0. The van der Waals surface area contributed by atoms with E-state index in [1.165, 1.54) is 0 Å². The van der Waals surface area contributed by atoms with Crippen molar-refractivity contribution < 1.29 is 23.5 Å². The van der Waals surface area contributed by atoms with Crippen LogP contribution in [0, 0.1) is 17.8 Å². The van der Waals surface area contributed by atoms with Crippen molar-refractivity contribution in [2.24, 2.45) is 17.8 Å². The van der Waals surface area contributed by atoms with Crippen molar-refractivity contribution in [2.45, 2.75) is 12.8 Å². The fourth-order valence-corrected chi connectivity index (χ4v) is 3.60. The number of benzene rings is 1. The highest BCUT2D eigenvalue weighted by Gasteiger charge is 2.43. The Morgan fingerprint density at radius 2 is 2.20 bits per heavy atom. The van der Waals surface area contributed by atoms with Crippen LogP contribution in [0.1, 0.15) is 23.2 Å². The van der Waals surface area contributed by atoms with Gasteiger partial charge in [0, 0.05) is 6.07 Å². The molecule has 5 nitrogen and oxygen atoms in total. The maximum atomic E-state index is 12.3. The van der Waals surface area contributed by atoms with Crippen LogP contribution in [0.25, 0.3) is 11.2 Å². The molecule has 1 fully saturated rings. The Morgan fingerprint density at radius 1 is 1.30 bits per heavy atom. The summed E-state index contributed by atoms with van der Waals surface area (Å²) in [6.45, 7) is 0. The molecule has 0 saturated heterocycles. The van der Waals surface area contributed by atoms with Crippen LogP contribution in [-0.2, 0) is 4.79 Å². The van der Waals surface area contributed by atoms with Crippen molar-refractivity contribution in [1.82, 2.24) is 0 Å². The maximum Gasteiger partial charge on any atom is 0.347 e. The molecule has 5 rings (SSSR count). The first-order chi connectivity index (χ1) is 9.70. The first kappa shape index (κ1) is 10.5. The lowest BCUT2D eigenvalue weighted by Crippen LogP contribution is -2.24. The first-order valence-electron chi connectivity index (χ1n) is 6.72. The highest BCUT2D eigenvalue weighted by Crippen LogP contribution is 2.50. The zero-order valence-electron chi connectivity index (χ0n) is 10.4. The van der Waals surface area contributed by atoms with Crippen molar-refractivity contribution in [3.63, 3.8) is 0 Å². The lowest BCUT2D eigenvalue weighted by atomic mass is 9.94. The van der Waals surface area contributed by atoms with Crippen LogP contribution in [0.4, 0.5) is 0 Å². The number of allylic oxidation sites excluding steroid dienone is 2. The predicted molar refractivity (Wildman–Crippen MR) is 66.8 cm³/mol. The van der Waals surface area contributed by atoms with Crippen molar-refractivity contribution in [1.29, 1.82) is 0 Å². The average Bonchev–Trinajstić information content (AvgIpc) is 3.19. The third-order valence-electron chi connectivity index (χ3n) is 4.57. The van der Waals surface area contributed by atoms with E-state index in [0.29, 0.717) is 22.6 Å². The van der Waals surface area contributed by atoms with Gasteiger partial charge in [-0.2, -0.15) is 0 Å². The molecule has 5 heteroatoms. The number of fused-ring (bicyclic) bond motifs is 3. The Kier molecular flexibility index (Phi) is 1.69. The molecule has 20 heavy (non-hydrogen) atoms. The van der Waals surface area contributed by atoms with E-state index in [0.717, 1.165) is 12.8 Å². The fraction of sp³-hybridized carbons (Fsp3) is 0.333. The summed E-state index contributed by atoms with van der Waals surface area (Å²) in [6, 6.07) is 1.57. The molecule has 2 aromatic heterocycles. The number of carbonyl (C=O) groups excluding carboxylic acids is 2. The van der Waals surface area contributed by atoms with Crippen LogP contribution < -0.4 is 9.47 Å². The van der Waals surface area contributed by atoms with E-state index in [1.54, 1.807) is 6.07 Å². The number of ether oxygens (including phenoxy) is 2. The van der Waals surface area contributed by atoms with E-state index in [1.807, 2.05) is 0 Å². The molecule has 4 bridgehead atoms. The molecule has 3 atom stereocenters. The SMILES string of the molecule is O=C1Oc2c(OC(=O)C3C[C@H]4C=CC3C4)c3cc1c2o3. The van der Waals surface area contributed by atoms with Crippen LogP contribution in [-0.4, -0.2) is 11.9 Å². The molecule has 0 N–H and O–H groups in total. The van der Waals surface area contributed by atoms with E-state index in [4.69, 9.17) is 13.9 Å². The smallest absolute Gasteiger partial charge is 0.347 e. The molecular formula is C15H10O5. The van der Waals surface area contributed by atoms with Crippen LogP contribution >= 0.6 is 0 Å². The molecule has 0 radical (unpaired) electrons. The van der Waals surface area contributed by atoms with Crippen LogP contribution in [0.2, 0.25) is 0 Å². The average molecular weight is 270 g/mol. The molecule has 2 aromatic rings. The third kappa shape index (κ3) is 1.13. The number of hydrogen-bond acceptors (Lipinski definition) is 5. The number of esters is 2. The summed E-state index contributed by atoms with van der Waals surface area (Å²) in [5.41, 5.74) is 1.21. The molecule has 1 saturated carbocycles. The first-order valence-corrected chi connectivity index (χ1v) is 6.72. The van der Waals surface area contributed by atoms with E-state index < -0.39 is 5.97 Å². The summed E-state index contributed by atoms with van der Waals surface area (Å²) in [7, 11) is 0. The minimum Gasteiger partial charge on any atom is -0.448 e. The third-order valence-corrected chi connectivity index (χ3v) is 4.57. The molecule has 0 spiro atoms. The molecule has 0 aromatic carbocycles. The minimum absolute atomic E-state index is 0.0941. The van der Waals surface area contributed by atoms with E-state index in [-0.39, 0.29) is 29.3 Å². The van der Waals surface area contributed by atoms with Gasteiger partial charge in [0.1, 0.15) is 5.56 Å². The molecular weight excluding hydrogens is 260 g/mol. The second-order valence-corrected chi connectivity index (χ2v) is 5.71. The Morgan fingerprint density at radius 3 is 2.95 bits per heavy atom. The number of hydrogen-bond donors (Lipinski definition) is 0. The zero-order valence-corrected chi connectivity index (χ0v) is 10.4. The zero-order chi connectivity index (χ0) is 13.4. The summed E-state index contributed by atoms with van der Waals surface area (Å²) in [5.74, 6) is 0.506. The van der Waals surface area contributed by atoms with Crippen molar-refractivity contribution >= 4 is 23.1 Å². The molecule has 100 valence electrons. The maximum absolute atomic E-state index is 12.3. The van der Waals surface area contributed by atoms with Gasteiger partial charge >= 0.3 is 11.9 Å². The Bertz CT molecular complexity index is 783. The van der Waals surface area contributed by atoms with Crippen LogP contribution in [0.5, 0.6) is 11.5 Å². The Hall–Kier alpha value is -2.30. The van der Waals surface area contributed by atoms with E-state index in [9.17, 15) is 9.59 Å². The van der Waals surface area contributed by atoms with Gasteiger partial charge in [0.05, 0.1) is 5.92 Å². The summed E-state index contributed by atoms with van der Waals surface area (Å²) < 4.78 is 15.9. The summed E-state index contributed by atoms with van der Waals surface area (Å²) >= 11 is 0. The van der Waals surface area contributed by atoms with E-state index >= 15 is 0 Å². The number of rotatable bonds is 2. The normalized spacial score (nSPS) is 29.6. The fourth-order valence-electron chi connectivity index (χ4n) is 3.60. The van der Waals surface area contributed by atoms with Gasteiger partial charge in [-0.25, -0.2) is 4.79 Å². The molecule has 3 heterocycles. The van der Waals surface area contributed by atoms with Crippen LogP contribution in [0.3, 0.4) is 0 Å². The molecule has 3 aliphatic rings. The minimum atomic E-state index is -0.445. The summed E-state index contributed by atoms with van der Waals surface area (Å²) in [6.07, 6.45) is 6.16. The highest BCUT2D eigenvalue weighted by molar-refractivity contribution is 6.10. The van der Waals surface area contributed by atoms with Gasteiger partial charge in [0.15, 0.2) is 11.2 Å². The van der Waals surface area contributed by atoms with Gasteiger partial charge in [-0.3, -0.25) is 4.79 Å². The monoisotopic (exact) mass is 270 g/mol. The highest BCUT2D eigenvalue weighted by atomic mass is 16.6. The van der Waals surface area contributed by atoms with Crippen molar-refractivity contribution in [2.75, 3.05) is 0 Å². The van der Waals surface area contributed by atoms with Gasteiger partial charge in [-0.05, 0) is 24.7 Å². The van der Waals surface area contributed by atoms with E-state index in [2.05, 4.69) is 12.2 Å². The van der Waals surface area contributed by atoms with Gasteiger partial charge in [-0.15, -0.1) is 0 Å².